The molecule has 4 rings (SSSR count). The normalized spacial score (nSPS) is 12.3. The van der Waals surface area contributed by atoms with E-state index < -0.39 is 0 Å². The summed E-state index contributed by atoms with van der Waals surface area (Å²) < 4.78 is 12.5. The van der Waals surface area contributed by atoms with Crippen LogP contribution in [0.4, 0.5) is 0 Å². The molecule has 7 heteroatoms. The molecule has 1 aliphatic heterocycles. The molecule has 1 amide bonds. The van der Waals surface area contributed by atoms with E-state index in [4.69, 9.17) is 21.1 Å². The lowest BCUT2D eigenvalue weighted by Crippen LogP contribution is -2.25. The van der Waals surface area contributed by atoms with Crippen LogP contribution in [0.1, 0.15) is 28.1 Å². The fourth-order valence-electron chi connectivity index (χ4n) is 3.37. The number of carbonyl (C=O) groups excluding carboxylic acids is 1. The van der Waals surface area contributed by atoms with Crippen molar-refractivity contribution in [2.75, 3.05) is 6.79 Å². The first-order valence-corrected chi connectivity index (χ1v) is 9.77. The van der Waals surface area contributed by atoms with Gasteiger partial charge in [-0.15, -0.1) is 0 Å². The van der Waals surface area contributed by atoms with Gasteiger partial charge < -0.3 is 14.8 Å². The molecule has 0 saturated heterocycles. The van der Waals surface area contributed by atoms with Crippen molar-refractivity contribution in [3.05, 3.63) is 69.5 Å². The third-order valence-corrected chi connectivity index (χ3v) is 5.51. The van der Waals surface area contributed by atoms with Crippen LogP contribution in [0.5, 0.6) is 11.5 Å². The van der Waals surface area contributed by atoms with Gasteiger partial charge in [-0.25, -0.2) is 4.68 Å². The van der Waals surface area contributed by atoms with Crippen LogP contribution in [0.3, 0.4) is 0 Å². The van der Waals surface area contributed by atoms with E-state index in [0.29, 0.717) is 17.3 Å². The topological polar surface area (TPSA) is 65.4 Å². The Morgan fingerprint density at radius 1 is 1.14 bits per heavy atom. The smallest absolute Gasteiger partial charge is 0.231 e. The summed E-state index contributed by atoms with van der Waals surface area (Å²) in [6.45, 7) is 6.51. The summed E-state index contributed by atoms with van der Waals surface area (Å²) in [6, 6.07) is 11.5. The molecule has 0 bridgehead atoms. The number of benzene rings is 2. The van der Waals surface area contributed by atoms with Gasteiger partial charge in [-0.2, -0.15) is 5.10 Å². The van der Waals surface area contributed by atoms with Crippen molar-refractivity contribution in [3.63, 3.8) is 0 Å². The molecule has 0 saturated carbocycles. The first-order valence-electron chi connectivity index (χ1n) is 9.39. The fourth-order valence-corrected chi connectivity index (χ4v) is 3.55. The predicted octanol–water partition coefficient (Wildman–Crippen LogP) is 4.04. The third kappa shape index (κ3) is 3.93. The molecule has 1 N–H and O–H groups in total. The van der Waals surface area contributed by atoms with Gasteiger partial charge in [0, 0.05) is 22.8 Å². The lowest BCUT2D eigenvalue weighted by molar-refractivity contribution is -0.120. The number of aryl methyl sites for hydroxylation is 2. The summed E-state index contributed by atoms with van der Waals surface area (Å²) in [7, 11) is 0. The molecular formula is C22H22ClN3O3. The highest BCUT2D eigenvalue weighted by molar-refractivity contribution is 6.31. The van der Waals surface area contributed by atoms with E-state index >= 15 is 0 Å². The minimum atomic E-state index is -0.0599. The molecule has 0 aliphatic carbocycles. The van der Waals surface area contributed by atoms with Gasteiger partial charge in [0.2, 0.25) is 12.7 Å². The number of fused-ring (bicyclic) bond motifs is 1. The number of rotatable bonds is 5. The maximum absolute atomic E-state index is 12.5. The van der Waals surface area contributed by atoms with E-state index in [-0.39, 0.29) is 19.1 Å². The molecule has 29 heavy (non-hydrogen) atoms. The van der Waals surface area contributed by atoms with Gasteiger partial charge in [-0.3, -0.25) is 4.79 Å². The van der Waals surface area contributed by atoms with E-state index in [0.717, 1.165) is 39.5 Å². The number of carbonyl (C=O) groups is 1. The van der Waals surface area contributed by atoms with Crippen molar-refractivity contribution < 1.29 is 14.3 Å². The lowest BCUT2D eigenvalue weighted by Gasteiger charge is -2.08. The number of hydrogen-bond donors (Lipinski definition) is 1. The summed E-state index contributed by atoms with van der Waals surface area (Å²) in [4.78, 5) is 12.5. The minimum absolute atomic E-state index is 0.0599. The Balaban J connectivity index is 1.45. The zero-order chi connectivity index (χ0) is 20.5. The number of halogens is 1. The Hall–Kier alpha value is -2.99. The van der Waals surface area contributed by atoms with Crippen molar-refractivity contribution in [2.45, 2.75) is 33.7 Å². The molecular weight excluding hydrogens is 390 g/mol. The Morgan fingerprint density at radius 3 is 2.72 bits per heavy atom. The number of nitrogens with one attached hydrogen (secondary N) is 1. The number of hydrogen-bond acceptors (Lipinski definition) is 4. The zero-order valence-corrected chi connectivity index (χ0v) is 17.3. The Kier molecular flexibility index (Phi) is 5.20. The van der Waals surface area contributed by atoms with Crippen LogP contribution >= 0.6 is 11.6 Å². The van der Waals surface area contributed by atoms with Crippen molar-refractivity contribution >= 4 is 17.5 Å². The van der Waals surface area contributed by atoms with Crippen LogP contribution in [-0.4, -0.2) is 22.5 Å². The highest BCUT2D eigenvalue weighted by atomic mass is 35.5. The van der Waals surface area contributed by atoms with Crippen molar-refractivity contribution in [2.24, 2.45) is 0 Å². The molecule has 1 aromatic heterocycles. The van der Waals surface area contributed by atoms with Crippen molar-refractivity contribution in [1.29, 1.82) is 0 Å². The molecule has 1 aliphatic rings. The molecule has 6 nitrogen and oxygen atoms in total. The maximum atomic E-state index is 12.5. The Morgan fingerprint density at radius 2 is 1.93 bits per heavy atom. The number of nitrogens with zero attached hydrogens (tertiary/aromatic N) is 2. The number of ether oxygens (including phenoxy) is 2. The summed E-state index contributed by atoms with van der Waals surface area (Å²) in [6.07, 6.45) is 0.266. The van der Waals surface area contributed by atoms with Crippen LogP contribution in [0.25, 0.3) is 5.69 Å². The first kappa shape index (κ1) is 19.3. The van der Waals surface area contributed by atoms with E-state index in [9.17, 15) is 4.79 Å². The minimum Gasteiger partial charge on any atom is -0.454 e. The van der Waals surface area contributed by atoms with Gasteiger partial charge in [0.05, 0.1) is 17.8 Å². The molecule has 0 atom stereocenters. The Labute approximate surface area is 174 Å². The fraction of sp³-hybridized carbons (Fsp3) is 0.273. The van der Waals surface area contributed by atoms with E-state index in [1.807, 2.05) is 61.9 Å². The largest absolute Gasteiger partial charge is 0.454 e. The van der Waals surface area contributed by atoms with Gasteiger partial charge in [-0.05, 0) is 56.2 Å². The SMILES string of the molecule is Cc1ccc(-n2nc(C)c(CC(=O)NCc3ccc4c(c3)OCO4)c2C)cc1Cl. The number of amides is 1. The average molecular weight is 412 g/mol. The predicted molar refractivity (Wildman–Crippen MR) is 111 cm³/mol. The number of aromatic nitrogens is 2. The maximum Gasteiger partial charge on any atom is 0.231 e. The van der Waals surface area contributed by atoms with Gasteiger partial charge in [0.1, 0.15) is 0 Å². The monoisotopic (exact) mass is 411 g/mol. The van der Waals surface area contributed by atoms with Crippen LogP contribution < -0.4 is 14.8 Å². The summed E-state index contributed by atoms with van der Waals surface area (Å²) in [5.74, 6) is 1.38. The molecule has 2 aromatic carbocycles. The average Bonchev–Trinajstić information content (AvgIpc) is 3.28. The Bertz CT molecular complexity index is 1090. The first-order chi connectivity index (χ1) is 13.9. The molecule has 0 radical (unpaired) electrons. The molecule has 0 unspecified atom stereocenters. The second kappa shape index (κ2) is 7.79. The van der Waals surface area contributed by atoms with Gasteiger partial charge in [0.15, 0.2) is 11.5 Å². The highest BCUT2D eigenvalue weighted by Gasteiger charge is 2.17. The van der Waals surface area contributed by atoms with Gasteiger partial charge in [-0.1, -0.05) is 23.7 Å². The van der Waals surface area contributed by atoms with Crippen LogP contribution in [0.2, 0.25) is 5.02 Å². The highest BCUT2D eigenvalue weighted by Crippen LogP contribution is 2.32. The van der Waals surface area contributed by atoms with Gasteiger partial charge >= 0.3 is 0 Å². The van der Waals surface area contributed by atoms with E-state index in [2.05, 4.69) is 10.4 Å². The van der Waals surface area contributed by atoms with Crippen LogP contribution in [0, 0.1) is 20.8 Å². The summed E-state index contributed by atoms with van der Waals surface area (Å²) in [5, 5.41) is 8.27. The molecule has 2 heterocycles. The van der Waals surface area contributed by atoms with E-state index in [1.165, 1.54) is 0 Å². The second-order valence-corrected chi connectivity index (χ2v) is 7.54. The zero-order valence-electron chi connectivity index (χ0n) is 16.6. The quantitative estimate of drug-likeness (QED) is 0.688. The summed E-state index contributed by atoms with van der Waals surface area (Å²) >= 11 is 6.26. The van der Waals surface area contributed by atoms with Crippen molar-refractivity contribution in [1.82, 2.24) is 15.1 Å². The van der Waals surface area contributed by atoms with Gasteiger partial charge in [0.25, 0.3) is 0 Å². The molecule has 150 valence electrons. The molecule has 3 aromatic rings. The third-order valence-electron chi connectivity index (χ3n) is 5.11. The molecule has 0 spiro atoms. The lowest BCUT2D eigenvalue weighted by atomic mass is 10.1. The molecule has 0 fully saturated rings. The van der Waals surface area contributed by atoms with Crippen molar-refractivity contribution in [3.8, 4) is 17.2 Å². The summed E-state index contributed by atoms with van der Waals surface area (Å²) in [5.41, 5.74) is 5.54. The van der Waals surface area contributed by atoms with Crippen LogP contribution in [-0.2, 0) is 17.8 Å². The van der Waals surface area contributed by atoms with E-state index in [1.54, 1.807) is 0 Å². The second-order valence-electron chi connectivity index (χ2n) is 7.14. The van der Waals surface area contributed by atoms with Crippen LogP contribution in [0.15, 0.2) is 36.4 Å². The standard InChI is InChI=1S/C22H22ClN3O3/c1-13-4-6-17(9-19(13)23)26-15(3)18(14(2)25-26)10-22(27)24-11-16-5-7-20-21(8-16)29-12-28-20/h4-9H,10-12H2,1-3H3,(H,24,27).